The van der Waals surface area contributed by atoms with Crippen LogP contribution in [0.4, 0.5) is 17.6 Å². The van der Waals surface area contributed by atoms with E-state index >= 15 is 0 Å². The Labute approximate surface area is 226 Å². The number of aliphatic hydroxyl groups excluding tert-OH is 1. The number of methoxy groups -OCH3 is 1. The quantitative estimate of drug-likeness (QED) is 0.360. The van der Waals surface area contributed by atoms with Crippen LogP contribution < -0.4 is 4.74 Å². The van der Waals surface area contributed by atoms with E-state index in [0.29, 0.717) is 28.7 Å². The summed E-state index contributed by atoms with van der Waals surface area (Å²) in [6.07, 6.45) is -2.32. The molecule has 9 nitrogen and oxygen atoms in total. The summed E-state index contributed by atoms with van der Waals surface area (Å²) in [6.45, 7) is 2.07. The van der Waals surface area contributed by atoms with Gasteiger partial charge in [-0.1, -0.05) is 18.2 Å². The predicted octanol–water partition coefficient (Wildman–Crippen LogP) is 3.76. The first-order valence-electron chi connectivity index (χ1n) is 12.5. The zero-order chi connectivity index (χ0) is 28.6. The molecule has 210 valence electrons. The number of aliphatic hydroxyl groups is 1. The van der Waals surface area contributed by atoms with Crippen LogP contribution >= 0.6 is 0 Å². The molecule has 0 bridgehead atoms. The number of carbonyl (C=O) groups excluding carboxylic acids is 1. The number of pyridine rings is 1. The molecule has 1 aliphatic heterocycles. The molecule has 40 heavy (non-hydrogen) atoms. The first-order valence-corrected chi connectivity index (χ1v) is 12.5. The second-order valence-corrected chi connectivity index (χ2v) is 9.36. The monoisotopic (exact) mass is 558 g/mol. The maximum atomic E-state index is 14.4. The van der Waals surface area contributed by atoms with Crippen LogP contribution in [0.15, 0.2) is 48.8 Å². The fourth-order valence-electron chi connectivity index (χ4n) is 5.04. The van der Waals surface area contributed by atoms with Crippen molar-refractivity contribution < 1.29 is 32.2 Å². The van der Waals surface area contributed by atoms with E-state index in [1.54, 1.807) is 24.3 Å². The standard InChI is InChI=1S/C27H26F4N6O3/c1-16-23(17-7-8-22(40-2)32-13-17)34-25-19(14-33-37(25)24(16)27(29,30)31)26(39)36-11-9-35(10-12-36)21(15-38)18-5-3-4-6-20(18)28/h3-8,13-14,21,38H,9-12,15H2,1-2H3/t21-/m1/s1. The van der Waals surface area contributed by atoms with Crippen LogP contribution in [0.2, 0.25) is 0 Å². The van der Waals surface area contributed by atoms with Gasteiger partial charge in [0.1, 0.15) is 11.4 Å². The van der Waals surface area contributed by atoms with E-state index in [1.807, 2.05) is 4.90 Å². The van der Waals surface area contributed by atoms with Gasteiger partial charge in [0.05, 0.1) is 31.6 Å². The Morgan fingerprint density at radius 3 is 2.42 bits per heavy atom. The molecule has 3 aromatic heterocycles. The van der Waals surface area contributed by atoms with Crippen molar-refractivity contribution in [2.24, 2.45) is 0 Å². The van der Waals surface area contributed by atoms with Gasteiger partial charge < -0.3 is 14.7 Å². The number of hydrogen-bond donors (Lipinski definition) is 1. The summed E-state index contributed by atoms with van der Waals surface area (Å²) < 4.78 is 62.7. The van der Waals surface area contributed by atoms with E-state index < -0.39 is 29.6 Å². The maximum absolute atomic E-state index is 14.4. The van der Waals surface area contributed by atoms with E-state index in [9.17, 15) is 27.5 Å². The van der Waals surface area contributed by atoms with E-state index in [1.165, 1.54) is 37.3 Å². The number of fused-ring (bicyclic) bond motifs is 1. The highest BCUT2D eigenvalue weighted by Crippen LogP contribution is 2.36. The second-order valence-electron chi connectivity index (χ2n) is 9.36. The number of alkyl halides is 3. The Bertz CT molecular complexity index is 1530. The molecule has 0 radical (unpaired) electrons. The second kappa shape index (κ2) is 10.8. The van der Waals surface area contributed by atoms with E-state index in [4.69, 9.17) is 4.74 Å². The van der Waals surface area contributed by atoms with Gasteiger partial charge in [0.15, 0.2) is 11.3 Å². The molecular weight excluding hydrogens is 532 g/mol. The van der Waals surface area contributed by atoms with Crippen molar-refractivity contribution in [3.8, 4) is 17.1 Å². The lowest BCUT2D eigenvalue weighted by Crippen LogP contribution is -2.50. The van der Waals surface area contributed by atoms with Gasteiger partial charge in [0.25, 0.3) is 5.91 Å². The zero-order valence-electron chi connectivity index (χ0n) is 21.7. The lowest BCUT2D eigenvalue weighted by atomic mass is 10.0. The number of aromatic nitrogens is 4. The minimum Gasteiger partial charge on any atom is -0.481 e. The Morgan fingerprint density at radius 1 is 1.10 bits per heavy atom. The maximum Gasteiger partial charge on any atom is 0.433 e. The predicted molar refractivity (Wildman–Crippen MR) is 136 cm³/mol. The lowest BCUT2D eigenvalue weighted by molar-refractivity contribution is -0.143. The van der Waals surface area contributed by atoms with E-state index in [-0.39, 0.29) is 48.0 Å². The van der Waals surface area contributed by atoms with E-state index in [2.05, 4.69) is 15.1 Å². The average molecular weight is 559 g/mol. The fourth-order valence-corrected chi connectivity index (χ4v) is 5.04. The van der Waals surface area contributed by atoms with Crippen LogP contribution in [-0.2, 0) is 6.18 Å². The molecule has 1 fully saturated rings. The summed E-state index contributed by atoms with van der Waals surface area (Å²) >= 11 is 0. The summed E-state index contributed by atoms with van der Waals surface area (Å²) in [5, 5.41) is 13.8. The lowest BCUT2D eigenvalue weighted by Gasteiger charge is -2.38. The van der Waals surface area contributed by atoms with Crippen LogP contribution in [0, 0.1) is 12.7 Å². The SMILES string of the molecule is COc1ccc(-c2nc3c(C(=O)N4CCN([C@H](CO)c5ccccc5F)CC4)cnn3c(C(F)(F)F)c2C)cn1. The number of carbonyl (C=O) groups is 1. The summed E-state index contributed by atoms with van der Waals surface area (Å²) in [6, 6.07) is 8.65. The van der Waals surface area contributed by atoms with Gasteiger partial charge in [-0.25, -0.2) is 18.9 Å². The van der Waals surface area contributed by atoms with Crippen LogP contribution in [0.3, 0.4) is 0 Å². The van der Waals surface area contributed by atoms with Gasteiger partial charge in [-0.2, -0.15) is 18.3 Å². The first-order chi connectivity index (χ1) is 19.1. The molecule has 1 atom stereocenters. The molecule has 0 unspecified atom stereocenters. The summed E-state index contributed by atoms with van der Waals surface area (Å²) in [5.41, 5.74) is -0.807. The number of nitrogens with zero attached hydrogens (tertiary/aromatic N) is 6. The molecule has 1 aromatic carbocycles. The Balaban J connectivity index is 1.46. The molecule has 1 amide bonds. The van der Waals surface area contributed by atoms with Gasteiger partial charge in [-0.05, 0) is 19.1 Å². The number of ether oxygens (including phenoxy) is 1. The topological polar surface area (TPSA) is 96.1 Å². The van der Waals surface area contributed by atoms with Crippen molar-refractivity contribution in [1.82, 2.24) is 29.4 Å². The van der Waals surface area contributed by atoms with Crippen molar-refractivity contribution >= 4 is 11.6 Å². The van der Waals surface area contributed by atoms with Gasteiger partial charge in [0, 0.05) is 55.1 Å². The van der Waals surface area contributed by atoms with Gasteiger partial charge in [0.2, 0.25) is 5.88 Å². The third-order valence-corrected chi connectivity index (χ3v) is 7.08. The highest BCUT2D eigenvalue weighted by atomic mass is 19.4. The molecule has 0 spiro atoms. The normalized spacial score (nSPS) is 15.4. The smallest absolute Gasteiger partial charge is 0.433 e. The molecule has 1 saturated heterocycles. The molecule has 4 heterocycles. The highest BCUT2D eigenvalue weighted by molar-refractivity contribution is 6.00. The van der Waals surface area contributed by atoms with Crippen molar-refractivity contribution in [2.45, 2.75) is 19.1 Å². The first kappa shape index (κ1) is 27.5. The average Bonchev–Trinajstić information content (AvgIpc) is 3.36. The molecule has 1 N–H and O–H groups in total. The van der Waals surface area contributed by atoms with Gasteiger partial charge in [-0.15, -0.1) is 0 Å². The summed E-state index contributed by atoms with van der Waals surface area (Å²) in [7, 11) is 1.42. The minimum absolute atomic E-state index is 0.0185. The molecule has 13 heteroatoms. The van der Waals surface area contributed by atoms with E-state index in [0.717, 1.165) is 6.20 Å². The Hall–Kier alpha value is -4.10. The van der Waals surface area contributed by atoms with Gasteiger partial charge in [-0.3, -0.25) is 9.69 Å². The van der Waals surface area contributed by atoms with Crippen LogP contribution in [0.25, 0.3) is 16.9 Å². The van der Waals surface area contributed by atoms with Crippen molar-refractivity contribution in [1.29, 1.82) is 0 Å². The Morgan fingerprint density at radius 2 is 1.82 bits per heavy atom. The van der Waals surface area contributed by atoms with Crippen LogP contribution in [-0.4, -0.2) is 80.3 Å². The minimum atomic E-state index is -4.77. The molecular formula is C27H26F4N6O3. The van der Waals surface area contributed by atoms with Crippen LogP contribution in [0.1, 0.15) is 33.2 Å². The van der Waals surface area contributed by atoms with Crippen molar-refractivity contribution in [2.75, 3.05) is 39.9 Å². The third-order valence-electron chi connectivity index (χ3n) is 7.08. The van der Waals surface area contributed by atoms with Gasteiger partial charge >= 0.3 is 6.18 Å². The third kappa shape index (κ3) is 4.97. The molecule has 4 aromatic rings. The number of rotatable bonds is 6. The molecule has 5 rings (SSSR count). The van der Waals surface area contributed by atoms with Crippen molar-refractivity contribution in [3.63, 3.8) is 0 Å². The number of piperazine rings is 1. The Kier molecular flexibility index (Phi) is 7.43. The number of halogens is 4. The summed E-state index contributed by atoms with van der Waals surface area (Å²) in [4.78, 5) is 25.4. The van der Waals surface area contributed by atoms with Crippen molar-refractivity contribution in [3.05, 3.63) is 77.0 Å². The van der Waals surface area contributed by atoms with Crippen LogP contribution in [0.5, 0.6) is 5.88 Å². The largest absolute Gasteiger partial charge is 0.481 e. The fraction of sp³-hybridized carbons (Fsp3) is 0.333. The number of benzene rings is 1. The molecule has 0 aliphatic carbocycles. The number of amides is 1. The number of hydrogen-bond acceptors (Lipinski definition) is 7. The molecule has 1 aliphatic rings. The molecule has 0 saturated carbocycles. The highest BCUT2D eigenvalue weighted by Gasteiger charge is 2.39. The summed E-state index contributed by atoms with van der Waals surface area (Å²) in [5.74, 6) is -0.670. The zero-order valence-corrected chi connectivity index (χ0v) is 21.7.